The number of hydrogen-bond acceptors (Lipinski definition) is 5. The summed E-state index contributed by atoms with van der Waals surface area (Å²) < 4.78 is 1.86. The molecule has 1 aliphatic carbocycles. The van der Waals surface area contributed by atoms with E-state index in [0.717, 1.165) is 48.4 Å². The smallest absolute Gasteiger partial charge is 0.248 e. The molecular weight excluding hydrogens is 392 g/mol. The van der Waals surface area contributed by atoms with Crippen molar-refractivity contribution < 1.29 is 9.59 Å². The molecule has 2 heterocycles. The topological polar surface area (TPSA) is 93.0 Å². The molecule has 2 fully saturated rings. The van der Waals surface area contributed by atoms with E-state index in [-0.39, 0.29) is 11.8 Å². The first-order chi connectivity index (χ1) is 15.2. The largest absolute Gasteiger partial charge is 0.323 e. The highest BCUT2D eigenvalue weighted by molar-refractivity contribution is 6.02. The number of nitrogens with zero attached hydrogens (tertiary/aromatic N) is 5. The first-order valence-corrected chi connectivity index (χ1v) is 10.5. The third-order valence-corrected chi connectivity index (χ3v) is 5.50. The number of benzene rings is 2. The molecule has 156 valence electrons. The predicted molar refractivity (Wildman–Crippen MR) is 117 cm³/mol. The summed E-state index contributed by atoms with van der Waals surface area (Å²) >= 11 is 0. The van der Waals surface area contributed by atoms with Gasteiger partial charge in [0, 0.05) is 36.0 Å². The Labute approximate surface area is 179 Å². The van der Waals surface area contributed by atoms with Crippen molar-refractivity contribution in [2.75, 3.05) is 16.8 Å². The van der Waals surface area contributed by atoms with E-state index in [0.29, 0.717) is 18.2 Å². The highest BCUT2D eigenvalue weighted by Crippen LogP contribution is 2.36. The Kier molecular flexibility index (Phi) is 5.03. The van der Waals surface area contributed by atoms with E-state index < -0.39 is 0 Å². The quantitative estimate of drug-likeness (QED) is 0.624. The van der Waals surface area contributed by atoms with Crippen molar-refractivity contribution in [3.63, 3.8) is 0 Å². The summed E-state index contributed by atoms with van der Waals surface area (Å²) in [5, 5.41) is 14.8. The Morgan fingerprint density at radius 1 is 1.06 bits per heavy atom. The van der Waals surface area contributed by atoms with E-state index in [4.69, 9.17) is 0 Å². The van der Waals surface area contributed by atoms with Crippen LogP contribution in [0.4, 0.5) is 11.4 Å². The van der Waals surface area contributed by atoms with Crippen LogP contribution in [0, 0.1) is 0 Å². The van der Waals surface area contributed by atoms with Crippen molar-refractivity contribution in [3.8, 4) is 11.4 Å². The Bertz CT molecular complexity index is 1130. The average Bonchev–Trinajstić information content (AvgIpc) is 3.35. The molecule has 1 saturated carbocycles. The van der Waals surface area contributed by atoms with Crippen LogP contribution < -0.4 is 10.2 Å². The van der Waals surface area contributed by atoms with Crippen molar-refractivity contribution in [3.05, 3.63) is 60.2 Å². The minimum atomic E-state index is -0.214. The zero-order valence-corrected chi connectivity index (χ0v) is 16.9. The number of carbonyl (C=O) groups is 2. The van der Waals surface area contributed by atoms with E-state index in [9.17, 15) is 9.59 Å². The van der Waals surface area contributed by atoms with Gasteiger partial charge in [0.15, 0.2) is 5.82 Å². The molecule has 0 atom stereocenters. The molecular formula is C23H22N6O2. The lowest BCUT2D eigenvalue weighted by molar-refractivity contribution is -0.117. The summed E-state index contributed by atoms with van der Waals surface area (Å²) in [5.74, 6) is 0.700. The number of hydrogen-bond donors (Lipinski definition) is 1. The lowest BCUT2D eigenvalue weighted by Crippen LogP contribution is -2.23. The van der Waals surface area contributed by atoms with E-state index in [1.54, 1.807) is 11.0 Å². The van der Waals surface area contributed by atoms with Gasteiger partial charge in [0.05, 0.1) is 6.04 Å². The Hall–Kier alpha value is -3.81. The molecule has 8 heteroatoms. The second-order valence-electron chi connectivity index (χ2n) is 7.82. The standard InChI is InChI=1S/C23H22N6O2/c30-21(14-5-16-3-10-19(11-4-16)28-15-1-2-22(28)31)24-18-8-6-17(7-9-18)23-25-26-27-29(23)20-12-13-20/h3-11,14,20H,1-2,12-13,15H2,(H,24,30)/b14-5+. The zero-order valence-electron chi connectivity index (χ0n) is 16.9. The number of rotatable bonds is 6. The molecule has 1 N–H and O–H groups in total. The number of carbonyl (C=O) groups excluding carboxylic acids is 2. The van der Waals surface area contributed by atoms with Gasteiger partial charge < -0.3 is 10.2 Å². The first kappa shape index (κ1) is 19.2. The molecule has 0 unspecified atom stereocenters. The monoisotopic (exact) mass is 414 g/mol. The van der Waals surface area contributed by atoms with Gasteiger partial charge >= 0.3 is 0 Å². The first-order valence-electron chi connectivity index (χ1n) is 10.5. The van der Waals surface area contributed by atoms with E-state index >= 15 is 0 Å². The fraction of sp³-hybridized carbons (Fsp3) is 0.261. The van der Waals surface area contributed by atoms with Gasteiger partial charge in [-0.2, -0.15) is 0 Å². The van der Waals surface area contributed by atoms with E-state index in [1.807, 2.05) is 53.2 Å². The number of amides is 2. The van der Waals surface area contributed by atoms with Crippen molar-refractivity contribution >= 4 is 29.3 Å². The molecule has 1 aliphatic heterocycles. The molecule has 2 amide bonds. The van der Waals surface area contributed by atoms with Gasteiger partial charge in [0.25, 0.3) is 0 Å². The van der Waals surface area contributed by atoms with Crippen LogP contribution in [0.5, 0.6) is 0 Å². The summed E-state index contributed by atoms with van der Waals surface area (Å²) in [6.45, 7) is 0.769. The molecule has 0 spiro atoms. The van der Waals surface area contributed by atoms with Crippen LogP contribution in [0.2, 0.25) is 0 Å². The lowest BCUT2D eigenvalue weighted by atomic mass is 10.1. The Morgan fingerprint density at radius 2 is 1.84 bits per heavy atom. The zero-order chi connectivity index (χ0) is 21.2. The SMILES string of the molecule is O=C(/C=C/c1ccc(N2CCCC2=O)cc1)Nc1ccc(-c2nnnn2C2CC2)cc1. The molecule has 1 saturated heterocycles. The summed E-state index contributed by atoms with van der Waals surface area (Å²) in [4.78, 5) is 25.9. The number of aromatic nitrogens is 4. The van der Waals surface area contributed by atoms with Crippen LogP contribution >= 0.6 is 0 Å². The Balaban J connectivity index is 1.20. The van der Waals surface area contributed by atoms with Crippen LogP contribution in [-0.2, 0) is 9.59 Å². The normalized spacial score (nSPS) is 16.3. The third kappa shape index (κ3) is 4.23. The fourth-order valence-corrected chi connectivity index (χ4v) is 3.69. The second kappa shape index (κ2) is 8.14. The van der Waals surface area contributed by atoms with E-state index in [2.05, 4.69) is 20.8 Å². The van der Waals surface area contributed by atoms with Crippen LogP contribution in [0.3, 0.4) is 0 Å². The van der Waals surface area contributed by atoms with Crippen molar-refractivity contribution in [2.24, 2.45) is 0 Å². The second-order valence-corrected chi connectivity index (χ2v) is 7.82. The average molecular weight is 414 g/mol. The van der Waals surface area contributed by atoms with Crippen LogP contribution in [-0.4, -0.2) is 38.6 Å². The highest BCUT2D eigenvalue weighted by atomic mass is 16.2. The van der Waals surface area contributed by atoms with Gasteiger partial charge in [-0.3, -0.25) is 9.59 Å². The van der Waals surface area contributed by atoms with Gasteiger partial charge in [-0.15, -0.1) is 5.10 Å². The van der Waals surface area contributed by atoms with Crippen LogP contribution in [0.15, 0.2) is 54.6 Å². The molecule has 31 heavy (non-hydrogen) atoms. The summed E-state index contributed by atoms with van der Waals surface area (Å²) in [6, 6.07) is 15.5. The maximum Gasteiger partial charge on any atom is 0.248 e. The minimum absolute atomic E-state index is 0.165. The fourth-order valence-electron chi connectivity index (χ4n) is 3.69. The molecule has 0 bridgehead atoms. The lowest BCUT2D eigenvalue weighted by Gasteiger charge is -2.15. The number of anilines is 2. The van der Waals surface area contributed by atoms with E-state index in [1.165, 1.54) is 6.08 Å². The summed E-state index contributed by atoms with van der Waals surface area (Å²) in [6.07, 6.45) is 6.98. The highest BCUT2D eigenvalue weighted by Gasteiger charge is 2.28. The van der Waals surface area contributed by atoms with Gasteiger partial charge in [-0.05, 0) is 77.7 Å². The molecule has 2 aromatic carbocycles. The van der Waals surface area contributed by atoms with Gasteiger partial charge in [-0.25, -0.2) is 4.68 Å². The minimum Gasteiger partial charge on any atom is -0.323 e. The van der Waals surface area contributed by atoms with Gasteiger partial charge in [0.2, 0.25) is 11.8 Å². The number of tetrazole rings is 1. The van der Waals surface area contributed by atoms with Crippen molar-refractivity contribution in [1.82, 2.24) is 20.2 Å². The maximum atomic E-state index is 12.3. The Morgan fingerprint density at radius 3 is 2.52 bits per heavy atom. The van der Waals surface area contributed by atoms with Gasteiger partial charge in [0.1, 0.15) is 0 Å². The molecule has 3 aromatic rings. The molecule has 8 nitrogen and oxygen atoms in total. The van der Waals surface area contributed by atoms with Gasteiger partial charge in [-0.1, -0.05) is 12.1 Å². The van der Waals surface area contributed by atoms with Crippen LogP contribution in [0.25, 0.3) is 17.5 Å². The molecule has 5 rings (SSSR count). The van der Waals surface area contributed by atoms with Crippen molar-refractivity contribution in [2.45, 2.75) is 31.7 Å². The van der Waals surface area contributed by atoms with Crippen molar-refractivity contribution in [1.29, 1.82) is 0 Å². The molecule has 2 aliphatic rings. The third-order valence-electron chi connectivity index (χ3n) is 5.50. The predicted octanol–water partition coefficient (Wildman–Crippen LogP) is 3.45. The summed E-state index contributed by atoms with van der Waals surface area (Å²) in [7, 11) is 0. The molecule has 1 aromatic heterocycles. The molecule has 0 radical (unpaired) electrons. The maximum absolute atomic E-state index is 12.3. The van der Waals surface area contributed by atoms with Crippen LogP contribution in [0.1, 0.15) is 37.3 Å². The number of nitrogens with one attached hydrogen (secondary N) is 1. The summed E-state index contributed by atoms with van der Waals surface area (Å²) in [5.41, 5.74) is 3.42.